The van der Waals surface area contributed by atoms with Crippen LogP contribution in [0.25, 0.3) is 0 Å². The third-order valence-electron chi connectivity index (χ3n) is 5.07. The van der Waals surface area contributed by atoms with Crippen molar-refractivity contribution in [1.29, 1.82) is 0 Å². The van der Waals surface area contributed by atoms with E-state index in [0.717, 1.165) is 44.3 Å². The molecule has 3 heterocycles. The van der Waals surface area contributed by atoms with E-state index in [1.54, 1.807) is 17.3 Å². The molecule has 6 nitrogen and oxygen atoms in total. The minimum Gasteiger partial charge on any atom is -0.354 e. The van der Waals surface area contributed by atoms with E-state index in [1.807, 2.05) is 0 Å². The molecule has 1 unspecified atom stereocenters. The Kier molecular flexibility index (Phi) is 3.13. The molecule has 1 aromatic heterocycles. The van der Waals surface area contributed by atoms with Crippen LogP contribution in [-0.4, -0.2) is 45.3 Å². The molecule has 116 valence electrons. The van der Waals surface area contributed by atoms with Gasteiger partial charge in [-0.15, -0.1) is 0 Å². The van der Waals surface area contributed by atoms with Crippen molar-refractivity contribution in [2.75, 3.05) is 13.1 Å². The number of hydrogen-bond acceptors (Lipinski definition) is 4. The van der Waals surface area contributed by atoms with E-state index in [0.29, 0.717) is 24.6 Å². The van der Waals surface area contributed by atoms with Gasteiger partial charge in [-0.2, -0.15) is 0 Å². The molecule has 0 aromatic carbocycles. The van der Waals surface area contributed by atoms with Crippen LogP contribution in [0.15, 0.2) is 12.4 Å². The Morgan fingerprint density at radius 2 is 1.95 bits per heavy atom. The third-order valence-corrected chi connectivity index (χ3v) is 5.07. The molecule has 2 saturated heterocycles. The second-order valence-electron chi connectivity index (χ2n) is 6.56. The molecule has 0 radical (unpaired) electrons. The lowest BCUT2D eigenvalue weighted by Gasteiger charge is -2.40. The highest BCUT2D eigenvalue weighted by Crippen LogP contribution is 2.38. The Balaban J connectivity index is 1.59. The average molecular weight is 300 g/mol. The molecular weight excluding hydrogens is 280 g/mol. The number of amides is 2. The van der Waals surface area contributed by atoms with Crippen LogP contribution in [-0.2, 0) is 4.79 Å². The van der Waals surface area contributed by atoms with Crippen LogP contribution in [0.4, 0.5) is 0 Å². The van der Waals surface area contributed by atoms with Gasteiger partial charge in [-0.05, 0) is 38.5 Å². The van der Waals surface area contributed by atoms with Gasteiger partial charge in [0.2, 0.25) is 5.91 Å². The number of carbonyl (C=O) groups excluding carboxylic acids is 2. The van der Waals surface area contributed by atoms with Gasteiger partial charge in [0.25, 0.3) is 5.91 Å². The fourth-order valence-electron chi connectivity index (χ4n) is 3.69. The molecule has 22 heavy (non-hydrogen) atoms. The van der Waals surface area contributed by atoms with E-state index in [-0.39, 0.29) is 11.8 Å². The summed E-state index contributed by atoms with van der Waals surface area (Å²) in [4.78, 5) is 35.6. The van der Waals surface area contributed by atoms with Crippen LogP contribution in [0, 0.1) is 0 Å². The lowest BCUT2D eigenvalue weighted by molar-refractivity contribution is -0.133. The Labute approximate surface area is 129 Å². The van der Waals surface area contributed by atoms with Crippen molar-refractivity contribution in [3.8, 4) is 0 Å². The van der Waals surface area contributed by atoms with Crippen LogP contribution in [0.3, 0.4) is 0 Å². The van der Waals surface area contributed by atoms with Crippen molar-refractivity contribution < 1.29 is 9.59 Å². The van der Waals surface area contributed by atoms with Gasteiger partial charge in [0.1, 0.15) is 11.4 Å². The summed E-state index contributed by atoms with van der Waals surface area (Å²) in [6, 6.07) is 0. The Morgan fingerprint density at radius 3 is 2.64 bits per heavy atom. The Hall–Kier alpha value is -1.98. The van der Waals surface area contributed by atoms with Crippen molar-refractivity contribution in [3.05, 3.63) is 23.8 Å². The summed E-state index contributed by atoms with van der Waals surface area (Å²) in [6.07, 6.45) is 8.83. The molecule has 3 fully saturated rings. The first-order valence-corrected chi connectivity index (χ1v) is 8.13. The largest absolute Gasteiger partial charge is 0.354 e. The Morgan fingerprint density at radius 1 is 1.23 bits per heavy atom. The van der Waals surface area contributed by atoms with Gasteiger partial charge in [0.15, 0.2) is 0 Å². The summed E-state index contributed by atoms with van der Waals surface area (Å²) in [6.45, 7) is 1.35. The zero-order chi connectivity index (χ0) is 15.2. The molecular formula is C16H20N4O2. The smallest absolute Gasteiger partial charge is 0.257 e. The van der Waals surface area contributed by atoms with Gasteiger partial charge in [-0.1, -0.05) is 0 Å². The highest BCUT2D eigenvalue weighted by atomic mass is 16.2. The van der Waals surface area contributed by atoms with E-state index >= 15 is 0 Å². The van der Waals surface area contributed by atoms with Crippen LogP contribution in [0.1, 0.15) is 60.6 Å². The third kappa shape index (κ3) is 2.09. The lowest BCUT2D eigenvalue weighted by atomic mass is 9.86. The summed E-state index contributed by atoms with van der Waals surface area (Å²) in [5.74, 6) is 1.20. The minimum atomic E-state index is -0.648. The second-order valence-corrected chi connectivity index (χ2v) is 6.56. The minimum absolute atomic E-state index is 0.000110. The number of piperidine rings is 1. The van der Waals surface area contributed by atoms with Gasteiger partial charge in [0, 0.05) is 31.4 Å². The van der Waals surface area contributed by atoms with E-state index < -0.39 is 5.54 Å². The summed E-state index contributed by atoms with van der Waals surface area (Å²) >= 11 is 0. The highest BCUT2D eigenvalue weighted by Gasteiger charge is 2.50. The fraction of sp³-hybridized carbons (Fsp3) is 0.625. The van der Waals surface area contributed by atoms with Gasteiger partial charge >= 0.3 is 0 Å². The molecule has 3 aliphatic rings. The van der Waals surface area contributed by atoms with Crippen molar-refractivity contribution in [3.63, 3.8) is 0 Å². The maximum atomic E-state index is 12.8. The Bertz CT molecular complexity index is 611. The first-order chi connectivity index (χ1) is 10.7. The quantitative estimate of drug-likeness (QED) is 0.891. The van der Waals surface area contributed by atoms with Gasteiger partial charge in [-0.3, -0.25) is 9.59 Å². The van der Waals surface area contributed by atoms with Crippen molar-refractivity contribution in [1.82, 2.24) is 20.2 Å². The topological polar surface area (TPSA) is 75.2 Å². The lowest BCUT2D eigenvalue weighted by Crippen LogP contribution is -2.60. The predicted octanol–water partition coefficient (Wildman–Crippen LogP) is 1.24. The molecule has 1 spiro atoms. The van der Waals surface area contributed by atoms with Crippen molar-refractivity contribution >= 4 is 11.8 Å². The van der Waals surface area contributed by atoms with E-state index in [1.165, 1.54) is 0 Å². The van der Waals surface area contributed by atoms with Crippen molar-refractivity contribution in [2.45, 2.75) is 50.0 Å². The van der Waals surface area contributed by atoms with E-state index in [9.17, 15) is 9.59 Å². The second kappa shape index (κ2) is 5.04. The molecule has 1 saturated carbocycles. The number of nitrogens with one attached hydrogen (secondary N) is 1. The van der Waals surface area contributed by atoms with Crippen LogP contribution in [0.5, 0.6) is 0 Å². The van der Waals surface area contributed by atoms with Gasteiger partial charge in [-0.25, -0.2) is 9.97 Å². The van der Waals surface area contributed by atoms with Crippen LogP contribution in [0.2, 0.25) is 0 Å². The van der Waals surface area contributed by atoms with Crippen LogP contribution >= 0.6 is 0 Å². The molecule has 0 bridgehead atoms. The normalized spacial score (nSPS) is 28.0. The number of hydrogen-bond donors (Lipinski definition) is 1. The number of nitrogens with zero attached hydrogens (tertiary/aromatic N) is 3. The monoisotopic (exact) mass is 300 g/mol. The summed E-state index contributed by atoms with van der Waals surface area (Å²) < 4.78 is 0. The maximum Gasteiger partial charge on any atom is 0.257 e. The fourth-order valence-corrected chi connectivity index (χ4v) is 3.69. The van der Waals surface area contributed by atoms with Crippen molar-refractivity contribution in [2.24, 2.45) is 0 Å². The standard InChI is InChI=1S/C16H20N4O2/c21-14(12-9-18-13(19-10-12)11-3-4-11)20-8-2-6-16(20)5-1-7-17-15(16)22/h9-11H,1-8H2,(H,17,22). The first-order valence-electron chi connectivity index (χ1n) is 8.13. The average Bonchev–Trinajstić information content (AvgIpc) is 3.31. The van der Waals surface area contributed by atoms with Gasteiger partial charge < -0.3 is 10.2 Å². The molecule has 1 aliphatic carbocycles. The van der Waals surface area contributed by atoms with E-state index in [2.05, 4.69) is 15.3 Å². The zero-order valence-corrected chi connectivity index (χ0v) is 12.5. The maximum absolute atomic E-state index is 12.8. The highest BCUT2D eigenvalue weighted by molar-refractivity contribution is 5.99. The number of carbonyl (C=O) groups is 2. The number of aromatic nitrogens is 2. The molecule has 1 aromatic rings. The molecule has 2 aliphatic heterocycles. The molecule has 6 heteroatoms. The summed E-state index contributed by atoms with van der Waals surface area (Å²) in [7, 11) is 0. The predicted molar refractivity (Wildman–Crippen MR) is 79.3 cm³/mol. The summed E-state index contributed by atoms with van der Waals surface area (Å²) in [5, 5.41) is 2.92. The SMILES string of the molecule is O=C(c1cnc(C2CC2)nc1)N1CCCC12CCCNC2=O. The number of rotatable bonds is 2. The van der Waals surface area contributed by atoms with Gasteiger partial charge in [0.05, 0.1) is 5.56 Å². The molecule has 4 rings (SSSR count). The van der Waals surface area contributed by atoms with E-state index in [4.69, 9.17) is 0 Å². The van der Waals surface area contributed by atoms with Crippen LogP contribution < -0.4 is 5.32 Å². The molecule has 1 atom stereocenters. The zero-order valence-electron chi connectivity index (χ0n) is 12.5. The summed E-state index contributed by atoms with van der Waals surface area (Å²) in [5.41, 5.74) is -0.158. The molecule has 1 N–H and O–H groups in total. The molecule has 2 amide bonds. The number of likely N-dealkylation sites (tertiary alicyclic amines) is 1. The first kappa shape index (κ1) is 13.7.